The van der Waals surface area contributed by atoms with Gasteiger partial charge in [0.2, 0.25) is 5.91 Å². The van der Waals surface area contributed by atoms with Crippen LogP contribution in [-0.2, 0) is 11.0 Å². The quantitative estimate of drug-likeness (QED) is 0.797. The van der Waals surface area contributed by atoms with Crippen LogP contribution in [0.4, 0.5) is 18.9 Å². The number of amides is 1. The van der Waals surface area contributed by atoms with E-state index in [1.165, 1.54) is 12.1 Å². The normalized spacial score (nSPS) is 12.7. The lowest BCUT2D eigenvalue weighted by molar-refractivity contribution is -0.137. The Balaban J connectivity index is 2.84. The summed E-state index contributed by atoms with van der Waals surface area (Å²) < 4.78 is 38.3. The molecule has 0 spiro atoms. The number of benzene rings is 1. The van der Waals surface area contributed by atoms with Crippen LogP contribution < -0.4 is 10.6 Å². The molecule has 0 bridgehead atoms. The van der Waals surface area contributed by atoms with Crippen molar-refractivity contribution in [3.63, 3.8) is 0 Å². The van der Waals surface area contributed by atoms with Crippen molar-refractivity contribution >= 4 is 27.5 Å². The minimum Gasteiger partial charge on any atom is -0.374 e. The molecule has 20 heavy (non-hydrogen) atoms. The van der Waals surface area contributed by atoms with Crippen LogP contribution in [0, 0.1) is 0 Å². The molecule has 0 fully saturated rings. The maximum absolute atomic E-state index is 12.7. The molecule has 0 aliphatic rings. The molecule has 0 saturated carbocycles. The SMILES string of the molecule is C=CCNC(=O)C(C)Nc1cc(Br)cc(C(F)(F)F)c1. The lowest BCUT2D eigenvalue weighted by atomic mass is 10.2. The van der Waals surface area contributed by atoms with Gasteiger partial charge in [-0.3, -0.25) is 4.79 Å². The first-order chi connectivity index (χ1) is 9.24. The van der Waals surface area contributed by atoms with Crippen molar-refractivity contribution in [3.05, 3.63) is 40.9 Å². The van der Waals surface area contributed by atoms with Crippen LogP contribution in [0.3, 0.4) is 0 Å². The van der Waals surface area contributed by atoms with E-state index in [4.69, 9.17) is 0 Å². The van der Waals surface area contributed by atoms with Crippen LogP contribution in [0.25, 0.3) is 0 Å². The summed E-state index contributed by atoms with van der Waals surface area (Å²) in [7, 11) is 0. The van der Waals surface area contributed by atoms with Gasteiger partial charge in [-0.1, -0.05) is 22.0 Å². The Morgan fingerprint density at radius 3 is 2.65 bits per heavy atom. The zero-order valence-corrected chi connectivity index (χ0v) is 12.3. The van der Waals surface area contributed by atoms with Gasteiger partial charge in [0.1, 0.15) is 6.04 Å². The molecule has 3 nitrogen and oxygen atoms in total. The van der Waals surface area contributed by atoms with Crippen molar-refractivity contribution in [1.29, 1.82) is 0 Å². The second-order valence-electron chi connectivity index (χ2n) is 4.13. The molecule has 1 aromatic rings. The molecule has 1 aromatic carbocycles. The molecular formula is C13H14BrF3N2O. The third-order valence-electron chi connectivity index (χ3n) is 2.42. The molecule has 7 heteroatoms. The molecule has 1 atom stereocenters. The van der Waals surface area contributed by atoms with Crippen molar-refractivity contribution in [1.82, 2.24) is 5.32 Å². The Morgan fingerprint density at radius 2 is 2.10 bits per heavy atom. The van der Waals surface area contributed by atoms with E-state index in [0.717, 1.165) is 12.1 Å². The predicted molar refractivity (Wildman–Crippen MR) is 75.4 cm³/mol. The highest BCUT2D eigenvalue weighted by Gasteiger charge is 2.31. The van der Waals surface area contributed by atoms with Crippen LogP contribution >= 0.6 is 15.9 Å². The summed E-state index contributed by atoms with van der Waals surface area (Å²) >= 11 is 3.02. The molecule has 0 radical (unpaired) electrons. The first-order valence-electron chi connectivity index (χ1n) is 5.77. The molecule has 0 aliphatic carbocycles. The molecule has 1 unspecified atom stereocenters. The molecular weight excluding hydrogens is 337 g/mol. The summed E-state index contributed by atoms with van der Waals surface area (Å²) in [6.07, 6.45) is -2.92. The average Bonchev–Trinajstić information content (AvgIpc) is 2.34. The number of hydrogen-bond acceptors (Lipinski definition) is 2. The highest BCUT2D eigenvalue weighted by atomic mass is 79.9. The van der Waals surface area contributed by atoms with Crippen molar-refractivity contribution in [3.8, 4) is 0 Å². The fraction of sp³-hybridized carbons (Fsp3) is 0.308. The molecule has 0 saturated heterocycles. The van der Waals surface area contributed by atoms with Crippen LogP contribution in [0.5, 0.6) is 0 Å². The highest BCUT2D eigenvalue weighted by molar-refractivity contribution is 9.10. The van der Waals surface area contributed by atoms with Gasteiger partial charge in [0.05, 0.1) is 5.56 Å². The fourth-order valence-electron chi connectivity index (χ4n) is 1.48. The van der Waals surface area contributed by atoms with Crippen molar-refractivity contribution in [2.24, 2.45) is 0 Å². The van der Waals surface area contributed by atoms with Gasteiger partial charge in [0.25, 0.3) is 0 Å². The Kier molecular flexibility index (Phi) is 5.62. The number of nitrogens with one attached hydrogen (secondary N) is 2. The van der Waals surface area contributed by atoms with Gasteiger partial charge in [-0.25, -0.2) is 0 Å². The van der Waals surface area contributed by atoms with E-state index in [2.05, 4.69) is 33.1 Å². The Labute approximate surface area is 123 Å². The summed E-state index contributed by atoms with van der Waals surface area (Å²) in [4.78, 5) is 11.6. The topological polar surface area (TPSA) is 41.1 Å². The number of rotatable bonds is 5. The number of alkyl halides is 3. The van der Waals surface area contributed by atoms with Crippen molar-refractivity contribution < 1.29 is 18.0 Å². The van der Waals surface area contributed by atoms with Gasteiger partial charge in [-0.15, -0.1) is 6.58 Å². The average molecular weight is 351 g/mol. The van der Waals surface area contributed by atoms with E-state index >= 15 is 0 Å². The second kappa shape index (κ2) is 6.78. The van der Waals surface area contributed by atoms with E-state index in [-0.39, 0.29) is 16.1 Å². The fourth-order valence-corrected chi connectivity index (χ4v) is 1.97. The molecule has 1 amide bonds. The van der Waals surface area contributed by atoms with Crippen molar-refractivity contribution in [2.75, 3.05) is 11.9 Å². The third-order valence-corrected chi connectivity index (χ3v) is 2.88. The largest absolute Gasteiger partial charge is 0.416 e. The first kappa shape index (κ1) is 16.6. The van der Waals surface area contributed by atoms with Crippen molar-refractivity contribution in [2.45, 2.75) is 19.1 Å². The number of anilines is 1. The number of carbonyl (C=O) groups excluding carboxylic acids is 1. The van der Waals surface area contributed by atoms with Gasteiger partial charge < -0.3 is 10.6 Å². The minimum absolute atomic E-state index is 0.216. The zero-order valence-electron chi connectivity index (χ0n) is 10.7. The summed E-state index contributed by atoms with van der Waals surface area (Å²) in [5.74, 6) is -0.321. The number of hydrogen-bond donors (Lipinski definition) is 2. The third kappa shape index (κ3) is 4.88. The minimum atomic E-state index is -4.44. The van der Waals surface area contributed by atoms with Crippen LogP contribution in [0.1, 0.15) is 12.5 Å². The maximum atomic E-state index is 12.7. The predicted octanol–water partition coefficient (Wildman–Crippen LogP) is 3.57. The van der Waals surface area contributed by atoms with Gasteiger partial charge in [0, 0.05) is 16.7 Å². The molecule has 0 aliphatic heterocycles. The summed E-state index contributed by atoms with van der Waals surface area (Å²) in [5.41, 5.74) is -0.568. The maximum Gasteiger partial charge on any atom is 0.416 e. The summed E-state index contributed by atoms with van der Waals surface area (Å²) in [6.45, 7) is 5.32. The molecule has 110 valence electrons. The first-order valence-corrected chi connectivity index (χ1v) is 6.56. The molecule has 0 aromatic heterocycles. The Bertz CT molecular complexity index is 503. The van der Waals surface area contributed by atoms with Crippen LogP contribution in [-0.4, -0.2) is 18.5 Å². The molecule has 0 heterocycles. The standard InChI is InChI=1S/C13H14BrF3N2O/c1-3-4-18-12(20)8(2)19-11-6-9(13(15,16)17)5-10(14)7-11/h3,5-8,19H,1,4H2,2H3,(H,18,20). The van der Waals surface area contributed by atoms with Crippen LogP contribution in [0.15, 0.2) is 35.3 Å². The molecule has 1 rings (SSSR count). The Hall–Kier alpha value is -1.50. The summed E-state index contributed by atoms with van der Waals surface area (Å²) in [5, 5.41) is 5.29. The van der Waals surface area contributed by atoms with E-state index in [0.29, 0.717) is 6.54 Å². The van der Waals surface area contributed by atoms with Gasteiger partial charge >= 0.3 is 6.18 Å². The lowest BCUT2D eigenvalue weighted by Crippen LogP contribution is -2.37. The van der Waals surface area contributed by atoms with Gasteiger partial charge in [-0.05, 0) is 25.1 Å². The number of carbonyl (C=O) groups is 1. The lowest BCUT2D eigenvalue weighted by Gasteiger charge is -2.16. The van der Waals surface area contributed by atoms with E-state index in [9.17, 15) is 18.0 Å². The second-order valence-corrected chi connectivity index (χ2v) is 5.04. The molecule has 2 N–H and O–H groups in total. The van der Waals surface area contributed by atoms with Gasteiger partial charge in [-0.2, -0.15) is 13.2 Å². The number of halogens is 4. The van der Waals surface area contributed by atoms with E-state index in [1.54, 1.807) is 6.92 Å². The smallest absolute Gasteiger partial charge is 0.374 e. The van der Waals surface area contributed by atoms with Crippen LogP contribution in [0.2, 0.25) is 0 Å². The summed E-state index contributed by atoms with van der Waals surface area (Å²) in [6, 6.07) is 2.76. The zero-order chi connectivity index (χ0) is 15.3. The monoisotopic (exact) mass is 350 g/mol. The van der Waals surface area contributed by atoms with E-state index in [1.807, 2.05) is 0 Å². The highest BCUT2D eigenvalue weighted by Crippen LogP contribution is 2.33. The van der Waals surface area contributed by atoms with Gasteiger partial charge in [0.15, 0.2) is 0 Å². The Morgan fingerprint density at radius 1 is 1.45 bits per heavy atom. The van der Waals surface area contributed by atoms with E-state index < -0.39 is 17.8 Å².